The molecule has 6 heteroatoms. The van der Waals surface area contributed by atoms with Crippen LogP contribution in [0, 0.1) is 27.7 Å². The van der Waals surface area contributed by atoms with E-state index < -0.39 is 0 Å². The van der Waals surface area contributed by atoms with Gasteiger partial charge < -0.3 is 4.57 Å². The first-order valence-corrected chi connectivity index (χ1v) is 10.1. The van der Waals surface area contributed by atoms with Crippen molar-refractivity contribution in [3.05, 3.63) is 91.7 Å². The van der Waals surface area contributed by atoms with Gasteiger partial charge in [0, 0.05) is 27.1 Å². The van der Waals surface area contributed by atoms with Crippen LogP contribution < -0.4 is 5.56 Å². The number of nitrogens with zero attached hydrogens (tertiary/aromatic N) is 4. The molecule has 5 nitrogen and oxygen atoms in total. The number of benzene rings is 2. The molecule has 0 aliphatic carbocycles. The number of fused-ring (bicyclic) bond motifs is 1. The zero-order valence-electron chi connectivity index (χ0n) is 16.8. The molecule has 0 bridgehead atoms. The van der Waals surface area contributed by atoms with E-state index in [2.05, 4.69) is 81.7 Å². The van der Waals surface area contributed by atoms with Gasteiger partial charge >= 0.3 is 0 Å². The first-order chi connectivity index (χ1) is 13.8. The Morgan fingerprint density at radius 2 is 1.72 bits per heavy atom. The van der Waals surface area contributed by atoms with Gasteiger partial charge in [-0.15, -0.1) is 0 Å². The van der Waals surface area contributed by atoms with E-state index in [1.807, 2.05) is 12.1 Å². The van der Waals surface area contributed by atoms with Crippen molar-refractivity contribution in [3.8, 4) is 5.69 Å². The van der Waals surface area contributed by atoms with Gasteiger partial charge in [-0.3, -0.25) is 4.79 Å². The second-order valence-electron chi connectivity index (χ2n) is 7.18. The number of hydrogen-bond acceptors (Lipinski definition) is 3. The van der Waals surface area contributed by atoms with E-state index in [0.29, 0.717) is 16.7 Å². The first kappa shape index (κ1) is 19.3. The lowest BCUT2D eigenvalue weighted by atomic mass is 10.2. The fourth-order valence-electron chi connectivity index (χ4n) is 3.53. The lowest BCUT2D eigenvalue weighted by molar-refractivity contribution is 0.770. The van der Waals surface area contributed by atoms with Crippen LogP contribution in [0.2, 0.25) is 0 Å². The van der Waals surface area contributed by atoms with Gasteiger partial charge in [-0.25, -0.2) is 4.98 Å². The number of rotatable bonds is 3. The Bertz CT molecular complexity index is 1310. The van der Waals surface area contributed by atoms with Crippen LogP contribution in [0.4, 0.5) is 0 Å². The Labute approximate surface area is 177 Å². The van der Waals surface area contributed by atoms with Crippen LogP contribution in [-0.4, -0.2) is 20.4 Å². The Morgan fingerprint density at radius 1 is 1.00 bits per heavy atom. The molecular formula is C23H21BrN4O. The minimum atomic E-state index is -0.183. The fourth-order valence-corrected chi connectivity index (χ4v) is 3.89. The summed E-state index contributed by atoms with van der Waals surface area (Å²) in [6, 6.07) is 16.0. The van der Waals surface area contributed by atoms with Crippen LogP contribution in [0.1, 0.15) is 28.3 Å². The molecule has 0 aliphatic rings. The summed E-state index contributed by atoms with van der Waals surface area (Å²) >= 11 is 3.42. The molecule has 0 N–H and O–H groups in total. The zero-order chi connectivity index (χ0) is 20.7. The quantitative estimate of drug-likeness (QED) is 0.411. The van der Waals surface area contributed by atoms with Crippen LogP contribution in [0.5, 0.6) is 0 Å². The molecule has 0 spiro atoms. The summed E-state index contributed by atoms with van der Waals surface area (Å²) in [5.74, 6) is 0.549. The van der Waals surface area contributed by atoms with Crippen LogP contribution in [0.3, 0.4) is 0 Å². The van der Waals surface area contributed by atoms with Crippen LogP contribution in [-0.2, 0) is 0 Å². The fraction of sp³-hybridized carbons (Fsp3) is 0.174. The average molecular weight is 449 g/mol. The van der Waals surface area contributed by atoms with Gasteiger partial charge in [-0.1, -0.05) is 33.6 Å². The molecule has 0 fully saturated rings. The Morgan fingerprint density at radius 3 is 2.45 bits per heavy atom. The standard InChI is InChI=1S/C23H21BrN4O/c1-14-5-8-20(9-6-14)27-15(2)11-18(16(27)3)13-25-28-17(4)26-22-10-7-19(24)12-21(22)23(28)29/h5-13H,1-4H3. The monoisotopic (exact) mass is 448 g/mol. The number of hydrogen-bond donors (Lipinski definition) is 0. The summed E-state index contributed by atoms with van der Waals surface area (Å²) in [4.78, 5) is 17.4. The highest BCUT2D eigenvalue weighted by molar-refractivity contribution is 9.10. The van der Waals surface area contributed by atoms with Crippen molar-refractivity contribution in [3.63, 3.8) is 0 Å². The molecule has 0 radical (unpaired) electrons. The number of aromatic nitrogens is 3. The number of halogens is 1. The third-order valence-corrected chi connectivity index (χ3v) is 5.54. The van der Waals surface area contributed by atoms with Gasteiger partial charge in [0.25, 0.3) is 5.56 Å². The van der Waals surface area contributed by atoms with Gasteiger partial charge in [-0.2, -0.15) is 9.78 Å². The molecule has 0 saturated heterocycles. The molecule has 29 heavy (non-hydrogen) atoms. The molecule has 4 aromatic rings. The summed E-state index contributed by atoms with van der Waals surface area (Å²) < 4.78 is 4.38. The molecule has 0 saturated carbocycles. The minimum Gasteiger partial charge on any atom is -0.318 e. The molecule has 0 amide bonds. The summed E-state index contributed by atoms with van der Waals surface area (Å²) in [7, 11) is 0. The predicted octanol–water partition coefficient (Wildman–Crippen LogP) is 5.07. The highest BCUT2D eigenvalue weighted by Crippen LogP contribution is 2.20. The van der Waals surface area contributed by atoms with Gasteiger partial charge in [-0.05, 0) is 64.1 Å². The van der Waals surface area contributed by atoms with Crippen molar-refractivity contribution >= 4 is 33.0 Å². The van der Waals surface area contributed by atoms with Gasteiger partial charge in [0.05, 0.1) is 17.1 Å². The summed E-state index contributed by atoms with van der Waals surface area (Å²) in [5, 5.41) is 5.00. The second-order valence-corrected chi connectivity index (χ2v) is 8.10. The van der Waals surface area contributed by atoms with E-state index >= 15 is 0 Å². The van der Waals surface area contributed by atoms with Crippen molar-refractivity contribution in [2.45, 2.75) is 27.7 Å². The van der Waals surface area contributed by atoms with Gasteiger partial charge in [0.15, 0.2) is 0 Å². The Hall–Kier alpha value is -2.99. The molecule has 4 rings (SSSR count). The first-order valence-electron chi connectivity index (χ1n) is 9.34. The van der Waals surface area contributed by atoms with Crippen molar-refractivity contribution in [2.75, 3.05) is 0 Å². The Kier molecular flexibility index (Phi) is 4.96. The zero-order valence-corrected chi connectivity index (χ0v) is 18.4. The van der Waals surface area contributed by atoms with Gasteiger partial charge in [0.1, 0.15) is 5.82 Å². The van der Waals surface area contributed by atoms with Crippen molar-refractivity contribution < 1.29 is 0 Å². The van der Waals surface area contributed by atoms with E-state index in [4.69, 9.17) is 0 Å². The van der Waals surface area contributed by atoms with Crippen LogP contribution in [0.25, 0.3) is 16.6 Å². The molecule has 146 valence electrons. The van der Waals surface area contributed by atoms with Crippen molar-refractivity contribution in [1.29, 1.82) is 0 Å². The van der Waals surface area contributed by atoms with E-state index in [1.54, 1.807) is 19.2 Å². The molecule has 2 aromatic carbocycles. The molecule has 2 heterocycles. The summed E-state index contributed by atoms with van der Waals surface area (Å²) in [5.41, 5.74) is 5.95. The van der Waals surface area contributed by atoms with E-state index in [1.165, 1.54) is 10.2 Å². The molecule has 0 atom stereocenters. The third-order valence-electron chi connectivity index (χ3n) is 5.04. The summed E-state index contributed by atoms with van der Waals surface area (Å²) in [6.07, 6.45) is 1.73. The lowest BCUT2D eigenvalue weighted by Crippen LogP contribution is -2.20. The molecule has 0 unspecified atom stereocenters. The predicted molar refractivity (Wildman–Crippen MR) is 121 cm³/mol. The number of aryl methyl sites for hydroxylation is 3. The van der Waals surface area contributed by atoms with E-state index in [-0.39, 0.29) is 5.56 Å². The van der Waals surface area contributed by atoms with Crippen molar-refractivity contribution in [2.24, 2.45) is 5.10 Å². The molecule has 2 aromatic heterocycles. The molecular weight excluding hydrogens is 428 g/mol. The summed E-state index contributed by atoms with van der Waals surface area (Å²) in [6.45, 7) is 7.99. The van der Waals surface area contributed by atoms with Crippen LogP contribution in [0.15, 0.2) is 62.9 Å². The highest BCUT2D eigenvalue weighted by atomic mass is 79.9. The maximum absolute atomic E-state index is 12.9. The minimum absolute atomic E-state index is 0.183. The van der Waals surface area contributed by atoms with Crippen molar-refractivity contribution in [1.82, 2.24) is 14.2 Å². The smallest absolute Gasteiger partial charge is 0.282 e. The molecule has 0 aliphatic heterocycles. The largest absolute Gasteiger partial charge is 0.318 e. The van der Waals surface area contributed by atoms with E-state index in [0.717, 1.165) is 27.1 Å². The Balaban J connectivity index is 1.78. The average Bonchev–Trinajstić information content (AvgIpc) is 2.97. The topological polar surface area (TPSA) is 52.2 Å². The third kappa shape index (κ3) is 3.56. The van der Waals surface area contributed by atoms with E-state index in [9.17, 15) is 4.79 Å². The lowest BCUT2D eigenvalue weighted by Gasteiger charge is -2.10. The second kappa shape index (κ2) is 7.44. The van der Waals surface area contributed by atoms with Gasteiger partial charge in [0.2, 0.25) is 0 Å². The SMILES string of the molecule is Cc1ccc(-n2c(C)cc(C=Nn3c(C)nc4ccc(Br)cc4c3=O)c2C)cc1. The highest BCUT2D eigenvalue weighted by Gasteiger charge is 2.11. The van der Waals surface area contributed by atoms with Crippen LogP contribution >= 0.6 is 15.9 Å². The maximum Gasteiger partial charge on any atom is 0.282 e. The normalized spacial score (nSPS) is 11.6. The maximum atomic E-state index is 12.9.